The predicted octanol–water partition coefficient (Wildman–Crippen LogP) is 0.0988. The number of aliphatic hydroxyl groups excluding tert-OH is 1. The van der Waals surface area contributed by atoms with Gasteiger partial charge in [-0.15, -0.1) is 0 Å². The fraction of sp³-hybridized carbons (Fsp3) is 0.875. The summed E-state index contributed by atoms with van der Waals surface area (Å²) in [6.07, 6.45) is -0.693. The highest BCUT2D eigenvalue weighted by molar-refractivity contribution is 5.72. The van der Waals surface area contributed by atoms with Gasteiger partial charge in [0, 0.05) is 0 Å². The Kier molecular flexibility index (Phi) is 4.85. The van der Waals surface area contributed by atoms with Crippen LogP contribution in [-0.2, 0) is 9.53 Å². The van der Waals surface area contributed by atoms with Crippen LogP contribution in [0.2, 0.25) is 0 Å². The summed E-state index contributed by atoms with van der Waals surface area (Å²) in [5.41, 5.74) is 5.17. The molecule has 3 N–H and O–H groups in total. The molecule has 0 unspecified atom stereocenters. The lowest BCUT2D eigenvalue weighted by molar-refractivity contribution is -0.148. The number of hydrogen-bond donors (Lipinski definition) is 2. The Morgan fingerprint density at radius 3 is 2.33 bits per heavy atom. The number of nitrogens with two attached hydrogens (primary N) is 1. The fourth-order valence-electron chi connectivity index (χ4n) is 1.05. The van der Waals surface area contributed by atoms with Crippen LogP contribution < -0.4 is 5.73 Å². The highest BCUT2D eigenvalue weighted by Gasteiger charge is 2.24. The molecule has 0 amide bonds. The lowest BCUT2D eigenvalue weighted by atomic mass is 9.92. The number of carbonyl (C=O) groups is 1. The number of aliphatic hydroxyl groups is 1. The minimum absolute atomic E-state index is 0.135. The molecule has 2 atom stereocenters. The molecule has 0 bridgehead atoms. The third kappa shape index (κ3) is 3.69. The van der Waals surface area contributed by atoms with E-state index < -0.39 is 6.23 Å². The van der Waals surface area contributed by atoms with Gasteiger partial charge in [0.15, 0.2) is 0 Å². The van der Waals surface area contributed by atoms with Crippen LogP contribution in [0.1, 0.15) is 20.3 Å². The highest BCUT2D eigenvalue weighted by atomic mass is 16.5. The lowest BCUT2D eigenvalue weighted by Crippen LogP contribution is -2.30. The van der Waals surface area contributed by atoms with Gasteiger partial charge in [-0.3, -0.25) is 4.79 Å². The number of rotatable bonds is 4. The molecule has 0 fully saturated rings. The molecule has 4 nitrogen and oxygen atoms in total. The van der Waals surface area contributed by atoms with Crippen molar-refractivity contribution in [1.82, 2.24) is 0 Å². The Morgan fingerprint density at radius 2 is 2.08 bits per heavy atom. The molecular weight excluding hydrogens is 158 g/mol. The first-order valence-corrected chi connectivity index (χ1v) is 4.00. The molecule has 0 aliphatic carbocycles. The van der Waals surface area contributed by atoms with Crippen LogP contribution in [0.5, 0.6) is 0 Å². The van der Waals surface area contributed by atoms with E-state index in [1.165, 1.54) is 7.11 Å². The maximum atomic E-state index is 11.1. The van der Waals surface area contributed by atoms with Gasteiger partial charge in [0.2, 0.25) is 0 Å². The summed E-state index contributed by atoms with van der Waals surface area (Å²) in [5, 5.41) is 8.89. The number of esters is 1. The van der Waals surface area contributed by atoms with Gasteiger partial charge < -0.3 is 15.6 Å². The van der Waals surface area contributed by atoms with Crippen LogP contribution in [0.4, 0.5) is 0 Å². The minimum Gasteiger partial charge on any atom is -0.469 e. The topological polar surface area (TPSA) is 72.5 Å². The van der Waals surface area contributed by atoms with Crippen LogP contribution in [0.25, 0.3) is 0 Å². The van der Waals surface area contributed by atoms with Crippen molar-refractivity contribution in [3.05, 3.63) is 0 Å². The Bertz CT molecular complexity index is 145. The first-order valence-electron chi connectivity index (χ1n) is 4.00. The van der Waals surface area contributed by atoms with Crippen LogP contribution in [-0.4, -0.2) is 24.4 Å². The zero-order valence-electron chi connectivity index (χ0n) is 7.78. The molecule has 0 aromatic rings. The summed E-state index contributed by atoms with van der Waals surface area (Å²) in [7, 11) is 1.33. The van der Waals surface area contributed by atoms with Gasteiger partial charge in [0.25, 0.3) is 0 Å². The quantitative estimate of drug-likeness (QED) is 0.469. The molecular formula is C8H17NO3. The fourth-order valence-corrected chi connectivity index (χ4v) is 1.05. The summed E-state index contributed by atoms with van der Waals surface area (Å²) in [6, 6.07) is 0. The Labute approximate surface area is 72.7 Å². The molecule has 0 rings (SSSR count). The second kappa shape index (κ2) is 5.11. The van der Waals surface area contributed by atoms with Crippen molar-refractivity contribution in [2.24, 2.45) is 17.6 Å². The number of hydrogen-bond acceptors (Lipinski definition) is 4. The van der Waals surface area contributed by atoms with Gasteiger partial charge >= 0.3 is 5.97 Å². The average molecular weight is 175 g/mol. The van der Waals surface area contributed by atoms with Crippen LogP contribution >= 0.6 is 0 Å². The maximum Gasteiger partial charge on any atom is 0.309 e. The third-order valence-corrected chi connectivity index (χ3v) is 1.80. The summed E-state index contributed by atoms with van der Waals surface area (Å²) in [5.74, 6) is -0.486. The van der Waals surface area contributed by atoms with E-state index in [4.69, 9.17) is 10.8 Å². The molecule has 0 heterocycles. The number of ether oxygens (including phenoxy) is 1. The normalized spacial score (nSPS) is 15.8. The van der Waals surface area contributed by atoms with E-state index in [0.717, 1.165) is 0 Å². The zero-order valence-corrected chi connectivity index (χ0v) is 7.78. The third-order valence-electron chi connectivity index (χ3n) is 1.80. The number of carbonyl (C=O) groups excluding carboxylic acids is 1. The molecule has 0 aliphatic rings. The highest BCUT2D eigenvalue weighted by Crippen LogP contribution is 2.17. The summed E-state index contributed by atoms with van der Waals surface area (Å²) in [6.45, 7) is 3.79. The van der Waals surface area contributed by atoms with E-state index in [2.05, 4.69) is 4.74 Å². The first-order chi connectivity index (χ1) is 5.49. The molecule has 0 spiro atoms. The molecule has 0 saturated carbocycles. The predicted molar refractivity (Wildman–Crippen MR) is 45.2 cm³/mol. The summed E-state index contributed by atoms with van der Waals surface area (Å²) in [4.78, 5) is 11.1. The second-order valence-corrected chi connectivity index (χ2v) is 3.18. The monoisotopic (exact) mass is 175 g/mol. The minimum atomic E-state index is -0.948. The zero-order chi connectivity index (χ0) is 9.72. The van der Waals surface area contributed by atoms with E-state index in [9.17, 15) is 4.79 Å². The van der Waals surface area contributed by atoms with Crippen LogP contribution in [0.3, 0.4) is 0 Å². The van der Waals surface area contributed by atoms with Crippen LogP contribution in [0, 0.1) is 11.8 Å². The van der Waals surface area contributed by atoms with Gasteiger partial charge in [-0.2, -0.15) is 0 Å². The van der Waals surface area contributed by atoms with Gasteiger partial charge in [-0.1, -0.05) is 13.8 Å². The van der Waals surface area contributed by atoms with Gasteiger partial charge in [0.05, 0.1) is 13.0 Å². The molecule has 0 aromatic heterocycles. The molecule has 0 aromatic carbocycles. The van der Waals surface area contributed by atoms with Crippen molar-refractivity contribution in [2.45, 2.75) is 26.5 Å². The van der Waals surface area contributed by atoms with Crippen molar-refractivity contribution in [3.8, 4) is 0 Å². The molecule has 12 heavy (non-hydrogen) atoms. The number of methoxy groups -OCH3 is 1. The standard InChI is InChI=1S/C8H17NO3/c1-5(2)6(4-7(9)10)8(11)12-3/h5-7,10H,4,9H2,1-3H3/t6-,7-/m0/s1. The van der Waals surface area contributed by atoms with E-state index in [-0.39, 0.29) is 24.2 Å². The van der Waals surface area contributed by atoms with Crippen molar-refractivity contribution < 1.29 is 14.6 Å². The first kappa shape index (κ1) is 11.4. The molecule has 0 radical (unpaired) electrons. The van der Waals surface area contributed by atoms with Gasteiger partial charge in [-0.25, -0.2) is 0 Å². The van der Waals surface area contributed by atoms with E-state index >= 15 is 0 Å². The summed E-state index contributed by atoms with van der Waals surface area (Å²) < 4.78 is 4.57. The van der Waals surface area contributed by atoms with Crippen molar-refractivity contribution in [1.29, 1.82) is 0 Å². The van der Waals surface area contributed by atoms with Crippen molar-refractivity contribution in [2.75, 3.05) is 7.11 Å². The van der Waals surface area contributed by atoms with Gasteiger partial charge in [0.1, 0.15) is 6.23 Å². The van der Waals surface area contributed by atoms with Crippen molar-refractivity contribution in [3.63, 3.8) is 0 Å². The molecule has 0 saturated heterocycles. The average Bonchev–Trinajstić information content (AvgIpc) is 1.98. The smallest absolute Gasteiger partial charge is 0.309 e. The van der Waals surface area contributed by atoms with E-state index in [0.29, 0.717) is 0 Å². The van der Waals surface area contributed by atoms with E-state index in [1.54, 1.807) is 0 Å². The largest absolute Gasteiger partial charge is 0.469 e. The summed E-state index contributed by atoms with van der Waals surface area (Å²) >= 11 is 0. The maximum absolute atomic E-state index is 11.1. The second-order valence-electron chi connectivity index (χ2n) is 3.18. The van der Waals surface area contributed by atoms with Crippen molar-refractivity contribution >= 4 is 5.97 Å². The lowest BCUT2D eigenvalue weighted by Gasteiger charge is -2.19. The van der Waals surface area contributed by atoms with Crippen LogP contribution in [0.15, 0.2) is 0 Å². The SMILES string of the molecule is COC(=O)[C@@H](C[C@@H](N)O)C(C)C. The van der Waals surface area contributed by atoms with E-state index in [1.807, 2.05) is 13.8 Å². The Balaban J connectivity index is 4.13. The Morgan fingerprint density at radius 1 is 1.58 bits per heavy atom. The molecule has 0 aliphatic heterocycles. The van der Waals surface area contributed by atoms with Gasteiger partial charge in [-0.05, 0) is 12.3 Å². The Hall–Kier alpha value is -0.610. The molecule has 4 heteroatoms. The molecule has 72 valence electrons.